The maximum Gasteiger partial charge on any atom is 0.128 e. The van der Waals surface area contributed by atoms with Crippen LogP contribution in [0.25, 0.3) is 32.7 Å². The van der Waals surface area contributed by atoms with E-state index in [4.69, 9.17) is 4.98 Å². The van der Waals surface area contributed by atoms with Crippen molar-refractivity contribution in [3.05, 3.63) is 36.1 Å². The SMILES string of the molecule is CCCCS(=O)c1sc2nc(-c3cccnc3)cc3c2c1Nc1scnc1-3. The first-order valence-electron chi connectivity index (χ1n) is 8.73. The summed E-state index contributed by atoms with van der Waals surface area (Å²) in [4.78, 5) is 14.5. The van der Waals surface area contributed by atoms with E-state index < -0.39 is 10.8 Å². The molecule has 5 heterocycles. The van der Waals surface area contributed by atoms with Gasteiger partial charge in [-0.15, -0.1) is 22.7 Å². The topological polar surface area (TPSA) is 67.8 Å². The molecule has 1 aliphatic heterocycles. The molecule has 27 heavy (non-hydrogen) atoms. The molecular formula is C19H16N4OS3. The summed E-state index contributed by atoms with van der Waals surface area (Å²) in [5, 5.41) is 5.50. The zero-order valence-electron chi connectivity index (χ0n) is 14.6. The minimum absolute atomic E-state index is 0.679. The standard InChI is InChI=1S/C19H16N4OS3/c1-2-3-7-27(24)19-16-14-12(15-18(23-16)25-10-21-15)8-13(22-17(14)26-19)11-5-4-6-20-9-11/h4-6,8-10,23H,2-3,7H2,1H3. The smallest absolute Gasteiger partial charge is 0.128 e. The van der Waals surface area contributed by atoms with E-state index >= 15 is 0 Å². The van der Waals surface area contributed by atoms with Crippen LogP contribution < -0.4 is 5.32 Å². The predicted octanol–water partition coefficient (Wildman–Crippen LogP) is 5.45. The minimum Gasteiger partial charge on any atom is -0.343 e. The molecule has 5 nitrogen and oxygen atoms in total. The van der Waals surface area contributed by atoms with Gasteiger partial charge >= 0.3 is 0 Å². The van der Waals surface area contributed by atoms with E-state index in [1.54, 1.807) is 17.5 Å². The van der Waals surface area contributed by atoms with Crippen LogP contribution in [-0.4, -0.2) is 24.9 Å². The summed E-state index contributed by atoms with van der Waals surface area (Å²) in [5.41, 5.74) is 6.62. The molecule has 0 saturated carbocycles. The van der Waals surface area contributed by atoms with Crippen molar-refractivity contribution in [1.82, 2.24) is 15.0 Å². The molecule has 1 aliphatic rings. The van der Waals surface area contributed by atoms with E-state index in [9.17, 15) is 4.21 Å². The van der Waals surface area contributed by atoms with Gasteiger partial charge in [0, 0.05) is 34.7 Å². The average Bonchev–Trinajstić information content (AvgIpc) is 3.32. The van der Waals surface area contributed by atoms with Crippen LogP contribution in [0.2, 0.25) is 0 Å². The summed E-state index contributed by atoms with van der Waals surface area (Å²) in [6.07, 6.45) is 5.56. The van der Waals surface area contributed by atoms with Crippen LogP contribution in [0.5, 0.6) is 0 Å². The van der Waals surface area contributed by atoms with Gasteiger partial charge in [-0.3, -0.25) is 9.19 Å². The number of hydrogen-bond donors (Lipinski definition) is 1. The van der Waals surface area contributed by atoms with E-state index in [-0.39, 0.29) is 0 Å². The van der Waals surface area contributed by atoms with Crippen molar-refractivity contribution in [2.75, 3.05) is 11.1 Å². The van der Waals surface area contributed by atoms with Gasteiger partial charge in [0.05, 0.1) is 27.7 Å². The Morgan fingerprint density at radius 1 is 1.33 bits per heavy atom. The van der Waals surface area contributed by atoms with Crippen LogP contribution >= 0.6 is 22.7 Å². The molecule has 0 bridgehead atoms. The molecule has 4 aromatic rings. The first-order valence-corrected chi connectivity index (χ1v) is 11.7. The van der Waals surface area contributed by atoms with Gasteiger partial charge in [-0.05, 0) is 24.6 Å². The Kier molecular flexibility index (Phi) is 4.26. The fourth-order valence-electron chi connectivity index (χ4n) is 3.21. The van der Waals surface area contributed by atoms with Crippen LogP contribution in [-0.2, 0) is 10.8 Å². The number of pyridine rings is 2. The van der Waals surface area contributed by atoms with Gasteiger partial charge in [0.25, 0.3) is 0 Å². The van der Waals surface area contributed by atoms with Gasteiger partial charge in [0.2, 0.25) is 0 Å². The van der Waals surface area contributed by atoms with Gasteiger partial charge in [-0.1, -0.05) is 13.3 Å². The van der Waals surface area contributed by atoms with Crippen molar-refractivity contribution in [2.45, 2.75) is 24.0 Å². The monoisotopic (exact) mass is 412 g/mol. The molecule has 4 aromatic heterocycles. The zero-order valence-corrected chi connectivity index (χ0v) is 17.0. The largest absolute Gasteiger partial charge is 0.343 e. The van der Waals surface area contributed by atoms with E-state index in [0.29, 0.717) is 5.75 Å². The normalized spacial score (nSPS) is 13.4. The highest BCUT2D eigenvalue weighted by molar-refractivity contribution is 7.87. The maximum atomic E-state index is 12.9. The first kappa shape index (κ1) is 17.0. The second kappa shape index (κ2) is 6.78. The highest BCUT2D eigenvalue weighted by Crippen LogP contribution is 2.51. The van der Waals surface area contributed by atoms with Crippen molar-refractivity contribution in [3.63, 3.8) is 0 Å². The second-order valence-electron chi connectivity index (χ2n) is 6.30. The summed E-state index contributed by atoms with van der Waals surface area (Å²) in [6, 6.07) is 5.99. The van der Waals surface area contributed by atoms with Gasteiger partial charge in [-0.2, -0.15) is 0 Å². The average molecular weight is 413 g/mol. The Morgan fingerprint density at radius 2 is 2.26 bits per heavy atom. The van der Waals surface area contributed by atoms with Gasteiger partial charge in [0.1, 0.15) is 19.7 Å². The molecule has 0 spiro atoms. The molecule has 0 fully saturated rings. The van der Waals surface area contributed by atoms with Crippen molar-refractivity contribution in [3.8, 4) is 22.5 Å². The maximum absolute atomic E-state index is 12.9. The van der Waals surface area contributed by atoms with E-state index in [1.165, 1.54) is 11.3 Å². The Bertz CT molecular complexity index is 1170. The van der Waals surface area contributed by atoms with Crippen molar-refractivity contribution < 1.29 is 4.21 Å². The number of nitrogens with zero attached hydrogens (tertiary/aromatic N) is 3. The van der Waals surface area contributed by atoms with Crippen LogP contribution in [0.3, 0.4) is 0 Å². The number of unbranched alkanes of at least 4 members (excludes halogenated alkanes) is 1. The molecule has 0 aromatic carbocycles. The molecule has 0 amide bonds. The molecule has 8 heteroatoms. The Labute approximate surface area is 167 Å². The number of fused-ring (bicyclic) bond motifs is 2. The Hall–Kier alpha value is -2.16. The van der Waals surface area contributed by atoms with E-state index in [1.807, 2.05) is 23.8 Å². The zero-order chi connectivity index (χ0) is 18.4. The molecule has 0 saturated heterocycles. The fraction of sp³-hybridized carbons (Fsp3) is 0.211. The Morgan fingerprint density at radius 3 is 3.07 bits per heavy atom. The molecule has 136 valence electrons. The molecule has 5 rings (SSSR count). The van der Waals surface area contributed by atoms with E-state index in [0.717, 1.165) is 60.5 Å². The van der Waals surface area contributed by atoms with Gasteiger partial charge < -0.3 is 5.32 Å². The summed E-state index contributed by atoms with van der Waals surface area (Å²) >= 11 is 3.09. The molecular weight excluding hydrogens is 396 g/mol. The molecule has 0 radical (unpaired) electrons. The fourth-order valence-corrected chi connectivity index (χ4v) is 6.77. The molecule has 1 atom stereocenters. The lowest BCUT2D eigenvalue weighted by molar-refractivity contribution is 0.681. The van der Waals surface area contributed by atoms with E-state index in [2.05, 4.69) is 28.3 Å². The summed E-state index contributed by atoms with van der Waals surface area (Å²) in [7, 11) is -1.03. The predicted molar refractivity (Wildman–Crippen MR) is 113 cm³/mol. The van der Waals surface area contributed by atoms with Crippen molar-refractivity contribution >= 4 is 54.4 Å². The lowest BCUT2D eigenvalue weighted by atomic mass is 10.0. The summed E-state index contributed by atoms with van der Waals surface area (Å²) in [6.45, 7) is 2.12. The second-order valence-corrected chi connectivity index (χ2v) is 9.92. The Balaban J connectivity index is 1.75. The van der Waals surface area contributed by atoms with Gasteiger partial charge in [-0.25, -0.2) is 9.97 Å². The first-order chi connectivity index (χ1) is 13.3. The number of nitrogens with one attached hydrogen (secondary N) is 1. The summed E-state index contributed by atoms with van der Waals surface area (Å²) < 4.78 is 13.8. The third kappa shape index (κ3) is 2.79. The minimum atomic E-state index is -1.03. The number of anilines is 2. The number of thiazole rings is 1. The lowest BCUT2D eigenvalue weighted by Crippen LogP contribution is -2.02. The lowest BCUT2D eigenvalue weighted by Gasteiger charge is -2.16. The number of thiophene rings is 1. The van der Waals surface area contributed by atoms with Crippen molar-refractivity contribution in [2.24, 2.45) is 0 Å². The number of hydrogen-bond acceptors (Lipinski definition) is 7. The van der Waals surface area contributed by atoms with Crippen LogP contribution in [0.1, 0.15) is 19.8 Å². The van der Waals surface area contributed by atoms with Crippen LogP contribution in [0.4, 0.5) is 10.7 Å². The highest BCUT2D eigenvalue weighted by Gasteiger charge is 2.28. The van der Waals surface area contributed by atoms with Crippen LogP contribution in [0, 0.1) is 0 Å². The number of aromatic nitrogens is 3. The molecule has 1 unspecified atom stereocenters. The number of rotatable bonds is 5. The van der Waals surface area contributed by atoms with Crippen molar-refractivity contribution in [1.29, 1.82) is 0 Å². The quantitative estimate of drug-likeness (QED) is 0.416. The van der Waals surface area contributed by atoms with Crippen LogP contribution in [0.15, 0.2) is 40.3 Å². The third-order valence-electron chi connectivity index (χ3n) is 4.54. The summed E-state index contributed by atoms with van der Waals surface area (Å²) in [5.74, 6) is 0.679. The highest BCUT2D eigenvalue weighted by atomic mass is 32.2. The molecule has 0 aliphatic carbocycles. The molecule has 1 N–H and O–H groups in total. The third-order valence-corrected chi connectivity index (χ3v) is 8.24. The van der Waals surface area contributed by atoms with Gasteiger partial charge in [0.15, 0.2) is 0 Å².